The maximum atomic E-state index is 11.6. The third-order valence-corrected chi connectivity index (χ3v) is 3.03. The van der Waals surface area contributed by atoms with E-state index in [1.165, 1.54) is 18.1 Å². The Bertz CT molecular complexity index is 497. The van der Waals surface area contributed by atoms with E-state index < -0.39 is 0 Å². The van der Waals surface area contributed by atoms with E-state index in [0.29, 0.717) is 17.9 Å². The van der Waals surface area contributed by atoms with Gasteiger partial charge >= 0.3 is 0 Å². The van der Waals surface area contributed by atoms with Crippen LogP contribution in [0.5, 0.6) is 0 Å². The average molecular weight is 263 g/mol. The molecule has 0 bridgehead atoms. The van der Waals surface area contributed by atoms with Crippen molar-refractivity contribution >= 4 is 29.0 Å². The Labute approximate surface area is 108 Å². The molecular weight excluding hydrogens is 250 g/mol. The van der Waals surface area contributed by atoms with Crippen molar-refractivity contribution in [2.24, 2.45) is 0 Å². The molecule has 1 aromatic heterocycles. The molecule has 1 heterocycles. The molecule has 2 rings (SSSR count). The van der Waals surface area contributed by atoms with Crippen LogP contribution < -0.4 is 11.1 Å². The van der Waals surface area contributed by atoms with Crippen LogP contribution in [0.2, 0.25) is 0 Å². The summed E-state index contributed by atoms with van der Waals surface area (Å²) in [5, 5.41) is 9.96. The molecule has 7 heteroatoms. The molecule has 94 valence electrons. The minimum Gasteiger partial charge on any atom is -0.399 e. The van der Waals surface area contributed by atoms with Crippen LogP contribution in [0.4, 0.5) is 11.4 Å². The molecule has 0 unspecified atom stereocenters. The van der Waals surface area contributed by atoms with Crippen molar-refractivity contribution in [2.75, 3.05) is 16.8 Å². The molecule has 6 nitrogen and oxygen atoms in total. The molecule has 4 N–H and O–H groups in total. The van der Waals surface area contributed by atoms with Gasteiger partial charge in [0.15, 0.2) is 5.16 Å². The largest absolute Gasteiger partial charge is 0.399 e. The van der Waals surface area contributed by atoms with Crippen LogP contribution in [0, 0.1) is 0 Å². The van der Waals surface area contributed by atoms with Crippen molar-refractivity contribution in [3.8, 4) is 0 Å². The zero-order valence-electron chi connectivity index (χ0n) is 9.59. The molecule has 0 spiro atoms. The number of nitrogen functional groups attached to an aromatic ring is 1. The van der Waals surface area contributed by atoms with E-state index in [1.807, 2.05) is 0 Å². The molecule has 0 radical (unpaired) electrons. The second kappa shape index (κ2) is 6.06. The standard InChI is InChI=1S/C11H13N5OS/c12-8-1-3-9(4-2-8)15-10(17)5-6-18-11-13-7-14-16-11/h1-4,7H,5-6,12H2,(H,15,17)(H,13,14,16). The van der Waals surface area contributed by atoms with Crippen molar-refractivity contribution in [3.05, 3.63) is 30.6 Å². The molecule has 0 saturated carbocycles. The van der Waals surface area contributed by atoms with Gasteiger partial charge in [0.1, 0.15) is 6.33 Å². The van der Waals surface area contributed by atoms with Gasteiger partial charge in [-0.15, -0.1) is 0 Å². The summed E-state index contributed by atoms with van der Waals surface area (Å²) in [5.74, 6) is 0.613. The van der Waals surface area contributed by atoms with Crippen molar-refractivity contribution in [2.45, 2.75) is 11.6 Å². The fourth-order valence-corrected chi connectivity index (χ4v) is 2.01. The van der Waals surface area contributed by atoms with E-state index in [9.17, 15) is 4.79 Å². The monoisotopic (exact) mass is 263 g/mol. The minimum atomic E-state index is -0.0354. The highest BCUT2D eigenvalue weighted by Crippen LogP contribution is 2.14. The number of nitrogens with one attached hydrogen (secondary N) is 2. The fourth-order valence-electron chi connectivity index (χ4n) is 1.29. The lowest BCUT2D eigenvalue weighted by Crippen LogP contribution is -2.12. The van der Waals surface area contributed by atoms with Crippen LogP contribution in [-0.2, 0) is 4.79 Å². The number of thioether (sulfide) groups is 1. The predicted molar refractivity (Wildman–Crippen MR) is 71.2 cm³/mol. The van der Waals surface area contributed by atoms with Gasteiger partial charge in [-0.1, -0.05) is 11.8 Å². The summed E-state index contributed by atoms with van der Waals surface area (Å²) in [4.78, 5) is 15.6. The molecule has 0 fully saturated rings. The van der Waals surface area contributed by atoms with Crippen molar-refractivity contribution in [3.63, 3.8) is 0 Å². The summed E-state index contributed by atoms with van der Waals surface area (Å²) in [7, 11) is 0. The fraction of sp³-hybridized carbons (Fsp3) is 0.182. The van der Waals surface area contributed by atoms with Gasteiger partial charge < -0.3 is 11.1 Å². The highest BCUT2D eigenvalue weighted by atomic mass is 32.2. The van der Waals surface area contributed by atoms with Gasteiger partial charge in [0.05, 0.1) is 0 Å². The highest BCUT2D eigenvalue weighted by Gasteiger charge is 2.03. The number of nitrogens with zero attached hydrogens (tertiary/aromatic N) is 2. The zero-order valence-corrected chi connectivity index (χ0v) is 10.4. The first kappa shape index (κ1) is 12.4. The third-order valence-electron chi connectivity index (χ3n) is 2.16. The van der Waals surface area contributed by atoms with Gasteiger partial charge in [0.25, 0.3) is 0 Å². The van der Waals surface area contributed by atoms with Crippen LogP contribution in [-0.4, -0.2) is 26.8 Å². The molecule has 0 aliphatic heterocycles. The Balaban J connectivity index is 1.73. The molecule has 2 aromatic rings. The maximum absolute atomic E-state index is 11.6. The molecule has 18 heavy (non-hydrogen) atoms. The molecule has 1 amide bonds. The number of aromatic amines is 1. The SMILES string of the molecule is Nc1ccc(NC(=O)CCSc2ncn[nH]2)cc1. The lowest BCUT2D eigenvalue weighted by molar-refractivity contribution is -0.115. The zero-order chi connectivity index (χ0) is 12.8. The number of hydrogen-bond acceptors (Lipinski definition) is 5. The second-order valence-electron chi connectivity index (χ2n) is 3.56. The lowest BCUT2D eigenvalue weighted by atomic mass is 10.3. The summed E-state index contributed by atoms with van der Waals surface area (Å²) < 4.78 is 0. The Morgan fingerprint density at radius 1 is 1.39 bits per heavy atom. The third kappa shape index (κ3) is 3.77. The van der Waals surface area contributed by atoms with Gasteiger partial charge in [0.2, 0.25) is 5.91 Å². The molecule has 0 aliphatic rings. The first-order valence-electron chi connectivity index (χ1n) is 5.37. The Hall–Kier alpha value is -2.02. The number of aromatic nitrogens is 3. The van der Waals surface area contributed by atoms with Crippen molar-refractivity contribution in [1.82, 2.24) is 15.2 Å². The molecule has 0 aliphatic carbocycles. The number of H-pyrrole nitrogens is 1. The number of nitrogens with two attached hydrogens (primary N) is 1. The maximum Gasteiger partial charge on any atom is 0.225 e. The minimum absolute atomic E-state index is 0.0354. The van der Waals surface area contributed by atoms with Gasteiger partial charge in [-0.3, -0.25) is 9.89 Å². The molecule has 0 atom stereocenters. The van der Waals surface area contributed by atoms with Crippen molar-refractivity contribution in [1.29, 1.82) is 0 Å². The second-order valence-corrected chi connectivity index (χ2v) is 4.64. The van der Waals surface area contributed by atoms with Crippen LogP contribution in [0.25, 0.3) is 0 Å². The van der Waals surface area contributed by atoms with Gasteiger partial charge in [-0.2, -0.15) is 5.10 Å². The number of carbonyl (C=O) groups excluding carboxylic acids is 1. The smallest absolute Gasteiger partial charge is 0.225 e. The Kier molecular flexibility index (Phi) is 4.19. The number of anilines is 2. The quantitative estimate of drug-likeness (QED) is 0.561. The number of carbonyl (C=O) groups is 1. The summed E-state index contributed by atoms with van der Waals surface area (Å²) in [6, 6.07) is 7.05. The van der Waals surface area contributed by atoms with Crippen LogP contribution in [0.1, 0.15) is 6.42 Å². The number of amides is 1. The van der Waals surface area contributed by atoms with Crippen LogP contribution in [0.15, 0.2) is 35.7 Å². The number of rotatable bonds is 5. The molecule has 1 aromatic carbocycles. The van der Waals surface area contributed by atoms with E-state index >= 15 is 0 Å². The molecule has 0 saturated heterocycles. The first-order valence-corrected chi connectivity index (χ1v) is 6.36. The summed E-state index contributed by atoms with van der Waals surface area (Å²) in [6.45, 7) is 0. The average Bonchev–Trinajstić information content (AvgIpc) is 2.85. The van der Waals surface area contributed by atoms with Crippen LogP contribution in [0.3, 0.4) is 0 Å². The lowest BCUT2D eigenvalue weighted by Gasteiger charge is -2.04. The number of hydrogen-bond donors (Lipinski definition) is 3. The summed E-state index contributed by atoms with van der Waals surface area (Å²) >= 11 is 1.46. The predicted octanol–water partition coefficient (Wildman–Crippen LogP) is 1.51. The number of benzene rings is 1. The summed E-state index contributed by atoms with van der Waals surface area (Å²) in [5.41, 5.74) is 6.98. The van der Waals surface area contributed by atoms with E-state index in [-0.39, 0.29) is 5.91 Å². The van der Waals surface area contributed by atoms with Gasteiger partial charge in [-0.25, -0.2) is 4.98 Å². The van der Waals surface area contributed by atoms with Gasteiger partial charge in [0, 0.05) is 23.5 Å². The van der Waals surface area contributed by atoms with E-state index in [4.69, 9.17) is 5.73 Å². The van der Waals surface area contributed by atoms with Crippen LogP contribution >= 0.6 is 11.8 Å². The molecular formula is C11H13N5OS. The highest BCUT2D eigenvalue weighted by molar-refractivity contribution is 7.99. The normalized spacial score (nSPS) is 10.2. The topological polar surface area (TPSA) is 96.7 Å². The van der Waals surface area contributed by atoms with Gasteiger partial charge in [-0.05, 0) is 24.3 Å². The van der Waals surface area contributed by atoms with E-state index in [2.05, 4.69) is 20.5 Å². The van der Waals surface area contributed by atoms with Crippen molar-refractivity contribution < 1.29 is 4.79 Å². The first-order chi connectivity index (χ1) is 8.74. The Morgan fingerprint density at radius 3 is 2.83 bits per heavy atom. The summed E-state index contributed by atoms with van der Waals surface area (Å²) in [6.07, 6.45) is 1.85. The van der Waals surface area contributed by atoms with E-state index in [1.54, 1.807) is 24.3 Å². The van der Waals surface area contributed by atoms with E-state index in [0.717, 1.165) is 10.8 Å². The Morgan fingerprint density at radius 2 is 2.17 bits per heavy atom.